The van der Waals surface area contributed by atoms with Crippen molar-refractivity contribution in [3.05, 3.63) is 60.2 Å². The van der Waals surface area contributed by atoms with Crippen molar-refractivity contribution in [2.45, 2.75) is 37.1 Å². The molecule has 0 aliphatic carbocycles. The number of hydrogen-bond acceptors (Lipinski definition) is 5. The van der Waals surface area contributed by atoms with Gasteiger partial charge in [0.05, 0.1) is 4.90 Å². The minimum Gasteiger partial charge on any atom is -0.480 e. The lowest BCUT2D eigenvalue weighted by Crippen LogP contribution is -2.48. The monoisotopic (exact) mass is 473 g/mol. The summed E-state index contributed by atoms with van der Waals surface area (Å²) in [6, 6.07) is 13.9. The number of carbonyl (C=O) groups excluding carboxylic acids is 2. The van der Waals surface area contributed by atoms with E-state index >= 15 is 0 Å². The molecule has 0 saturated carbocycles. The third-order valence-electron chi connectivity index (χ3n) is 5.53. The van der Waals surface area contributed by atoms with Gasteiger partial charge in [0.1, 0.15) is 6.04 Å². The Kier molecular flexibility index (Phi) is 7.83. The summed E-state index contributed by atoms with van der Waals surface area (Å²) >= 11 is 0. The summed E-state index contributed by atoms with van der Waals surface area (Å²) in [5, 5.41) is 14.7. The number of carboxylic acids is 1. The SMILES string of the molecule is CC(=O)Nc1ccc(S(=O)(=O)N2CCC(C(=O)N[C@@H](Cc3ccccc3)C(=O)O)CC2)cc1. The molecule has 1 aliphatic heterocycles. The van der Waals surface area contributed by atoms with Crippen LogP contribution in [0.25, 0.3) is 0 Å². The molecule has 0 radical (unpaired) electrons. The van der Waals surface area contributed by atoms with E-state index < -0.39 is 28.0 Å². The van der Waals surface area contributed by atoms with Crippen LogP contribution in [-0.2, 0) is 30.8 Å². The quantitative estimate of drug-likeness (QED) is 0.536. The number of sulfonamides is 1. The van der Waals surface area contributed by atoms with Crippen LogP contribution in [0, 0.1) is 5.92 Å². The molecule has 1 saturated heterocycles. The first-order valence-electron chi connectivity index (χ1n) is 10.6. The Morgan fingerprint density at radius 3 is 2.18 bits per heavy atom. The molecule has 1 atom stereocenters. The van der Waals surface area contributed by atoms with Crippen LogP contribution in [-0.4, -0.2) is 54.7 Å². The molecule has 2 aromatic rings. The van der Waals surface area contributed by atoms with E-state index in [1.54, 1.807) is 24.3 Å². The maximum Gasteiger partial charge on any atom is 0.326 e. The number of aliphatic carboxylic acids is 1. The molecule has 176 valence electrons. The van der Waals surface area contributed by atoms with E-state index in [1.807, 2.05) is 6.07 Å². The minimum absolute atomic E-state index is 0.105. The van der Waals surface area contributed by atoms with Crippen molar-refractivity contribution in [1.29, 1.82) is 0 Å². The molecule has 10 heteroatoms. The second-order valence-electron chi connectivity index (χ2n) is 7.97. The second-order valence-corrected chi connectivity index (χ2v) is 9.91. The van der Waals surface area contributed by atoms with E-state index in [9.17, 15) is 27.9 Å². The van der Waals surface area contributed by atoms with Gasteiger partial charge in [0.25, 0.3) is 0 Å². The van der Waals surface area contributed by atoms with Crippen LogP contribution in [0.4, 0.5) is 5.69 Å². The molecule has 3 N–H and O–H groups in total. The molecular weight excluding hydrogens is 446 g/mol. The molecule has 33 heavy (non-hydrogen) atoms. The molecule has 1 aliphatic rings. The predicted octanol–water partition coefficient (Wildman–Crippen LogP) is 1.86. The van der Waals surface area contributed by atoms with Crippen molar-refractivity contribution < 1.29 is 27.9 Å². The lowest BCUT2D eigenvalue weighted by molar-refractivity contribution is -0.142. The smallest absolute Gasteiger partial charge is 0.326 e. The molecule has 1 heterocycles. The van der Waals surface area contributed by atoms with Gasteiger partial charge in [0.2, 0.25) is 21.8 Å². The molecule has 1 fully saturated rings. The van der Waals surface area contributed by atoms with E-state index in [1.165, 1.54) is 35.5 Å². The normalized spacial score (nSPS) is 16.0. The van der Waals surface area contributed by atoms with Gasteiger partial charge >= 0.3 is 5.97 Å². The van der Waals surface area contributed by atoms with Crippen LogP contribution >= 0.6 is 0 Å². The lowest BCUT2D eigenvalue weighted by atomic mass is 9.96. The van der Waals surface area contributed by atoms with Crippen LogP contribution in [0.5, 0.6) is 0 Å². The Balaban J connectivity index is 1.58. The predicted molar refractivity (Wildman–Crippen MR) is 122 cm³/mol. The van der Waals surface area contributed by atoms with E-state index in [4.69, 9.17) is 0 Å². The summed E-state index contributed by atoms with van der Waals surface area (Å²) in [4.78, 5) is 35.5. The fourth-order valence-electron chi connectivity index (χ4n) is 3.76. The molecule has 0 bridgehead atoms. The maximum absolute atomic E-state index is 12.9. The number of anilines is 1. The molecule has 2 aromatic carbocycles. The zero-order valence-electron chi connectivity index (χ0n) is 18.2. The number of carbonyl (C=O) groups is 3. The highest BCUT2D eigenvalue weighted by atomic mass is 32.2. The van der Waals surface area contributed by atoms with E-state index in [0.29, 0.717) is 18.5 Å². The number of carboxylic acid groups (broad SMARTS) is 1. The van der Waals surface area contributed by atoms with E-state index in [-0.39, 0.29) is 36.2 Å². The Labute approximate surface area is 192 Å². The highest BCUT2D eigenvalue weighted by Crippen LogP contribution is 2.25. The van der Waals surface area contributed by atoms with Crippen molar-refractivity contribution >= 4 is 33.5 Å². The Morgan fingerprint density at radius 1 is 1.03 bits per heavy atom. The third-order valence-corrected chi connectivity index (χ3v) is 7.45. The first-order valence-corrected chi connectivity index (χ1v) is 12.1. The molecular formula is C23H27N3O6S. The highest BCUT2D eigenvalue weighted by Gasteiger charge is 2.33. The van der Waals surface area contributed by atoms with Crippen molar-refractivity contribution in [1.82, 2.24) is 9.62 Å². The standard InChI is InChI=1S/C23H27N3O6S/c1-16(27)24-19-7-9-20(10-8-19)33(31,32)26-13-11-18(12-14-26)22(28)25-21(23(29)30)15-17-5-3-2-4-6-17/h2-10,18,21H,11-15H2,1H3,(H,24,27)(H,25,28)(H,29,30)/t21-/m0/s1. The van der Waals surface area contributed by atoms with Gasteiger partial charge in [-0.2, -0.15) is 4.31 Å². The first kappa shape index (κ1) is 24.4. The summed E-state index contributed by atoms with van der Waals surface area (Å²) in [6.45, 7) is 1.68. The molecule has 0 aromatic heterocycles. The zero-order valence-corrected chi connectivity index (χ0v) is 19.0. The van der Waals surface area contributed by atoms with Crippen LogP contribution in [0.3, 0.4) is 0 Å². The number of piperidine rings is 1. The Morgan fingerprint density at radius 2 is 1.64 bits per heavy atom. The third kappa shape index (κ3) is 6.39. The van der Waals surface area contributed by atoms with Crippen LogP contribution in [0.2, 0.25) is 0 Å². The zero-order chi connectivity index (χ0) is 24.0. The number of benzene rings is 2. The average molecular weight is 474 g/mol. The second kappa shape index (κ2) is 10.6. The van der Waals surface area contributed by atoms with Crippen LogP contribution in [0.15, 0.2) is 59.5 Å². The molecule has 2 amide bonds. The average Bonchev–Trinajstić information content (AvgIpc) is 2.79. The summed E-state index contributed by atoms with van der Waals surface area (Å²) in [5.74, 6) is -2.21. The van der Waals surface area contributed by atoms with Crippen LogP contribution < -0.4 is 10.6 Å². The van der Waals surface area contributed by atoms with Crippen LogP contribution in [0.1, 0.15) is 25.3 Å². The van der Waals surface area contributed by atoms with Gasteiger partial charge in [-0.25, -0.2) is 13.2 Å². The molecule has 0 spiro atoms. The summed E-state index contributed by atoms with van der Waals surface area (Å²) in [5.41, 5.74) is 1.30. The van der Waals surface area contributed by atoms with Gasteiger partial charge in [-0.05, 0) is 42.7 Å². The minimum atomic E-state index is -3.74. The first-order chi connectivity index (χ1) is 15.7. The summed E-state index contributed by atoms with van der Waals surface area (Å²) in [7, 11) is -3.74. The summed E-state index contributed by atoms with van der Waals surface area (Å²) < 4.78 is 27.2. The summed E-state index contributed by atoms with van der Waals surface area (Å²) in [6.07, 6.45) is 0.767. The van der Waals surface area contributed by atoms with Gasteiger partial charge in [0.15, 0.2) is 0 Å². The number of nitrogens with zero attached hydrogens (tertiary/aromatic N) is 1. The lowest BCUT2D eigenvalue weighted by Gasteiger charge is -2.31. The Hall–Kier alpha value is -3.24. The molecule has 0 unspecified atom stereocenters. The van der Waals surface area contributed by atoms with Gasteiger partial charge in [-0.1, -0.05) is 30.3 Å². The maximum atomic E-state index is 12.9. The highest BCUT2D eigenvalue weighted by molar-refractivity contribution is 7.89. The number of amides is 2. The van der Waals surface area contributed by atoms with Crippen molar-refractivity contribution in [2.24, 2.45) is 5.92 Å². The fraction of sp³-hybridized carbons (Fsp3) is 0.348. The van der Waals surface area contributed by atoms with Gasteiger partial charge in [-0.3, -0.25) is 9.59 Å². The fourth-order valence-corrected chi connectivity index (χ4v) is 5.23. The molecule has 9 nitrogen and oxygen atoms in total. The largest absolute Gasteiger partial charge is 0.480 e. The topological polar surface area (TPSA) is 133 Å². The number of nitrogens with one attached hydrogen (secondary N) is 2. The van der Waals surface area contributed by atoms with Crippen molar-refractivity contribution in [3.63, 3.8) is 0 Å². The molecule has 3 rings (SSSR count). The number of rotatable bonds is 8. The van der Waals surface area contributed by atoms with Gasteiger partial charge in [-0.15, -0.1) is 0 Å². The van der Waals surface area contributed by atoms with Crippen molar-refractivity contribution in [2.75, 3.05) is 18.4 Å². The Bertz CT molecular complexity index is 1090. The van der Waals surface area contributed by atoms with Crippen molar-refractivity contribution in [3.8, 4) is 0 Å². The van der Waals surface area contributed by atoms with E-state index in [2.05, 4.69) is 10.6 Å². The number of hydrogen-bond donors (Lipinski definition) is 3. The van der Waals surface area contributed by atoms with E-state index in [0.717, 1.165) is 5.56 Å². The van der Waals surface area contributed by atoms with Gasteiger partial charge < -0.3 is 15.7 Å². The van der Waals surface area contributed by atoms with Gasteiger partial charge in [0, 0.05) is 38.0 Å².